The third-order valence-electron chi connectivity index (χ3n) is 2.70. The van der Waals surface area contributed by atoms with Gasteiger partial charge in [-0.25, -0.2) is 0 Å². The van der Waals surface area contributed by atoms with Crippen LogP contribution >= 0.6 is 15.9 Å². The normalized spacial score (nSPS) is 10.0. The van der Waals surface area contributed by atoms with E-state index in [0.717, 1.165) is 10.0 Å². The number of nitrogens with one attached hydrogen (secondary N) is 1. The lowest BCUT2D eigenvalue weighted by Gasteiger charge is -2.19. The van der Waals surface area contributed by atoms with Crippen LogP contribution in [0.5, 0.6) is 5.75 Å². The number of nitrogens with zero attached hydrogens (tertiary/aromatic N) is 1. The fourth-order valence-electron chi connectivity index (χ4n) is 1.60. The molecule has 0 saturated heterocycles. The SMILES string of the molecule is COc1ccc(Br)cc1CN(C)C(=O)CNC(=O)CN. The van der Waals surface area contributed by atoms with Crippen molar-refractivity contribution >= 4 is 27.7 Å². The molecule has 1 aromatic carbocycles. The van der Waals surface area contributed by atoms with Gasteiger partial charge in [0.1, 0.15) is 5.75 Å². The molecule has 0 spiro atoms. The van der Waals surface area contributed by atoms with Crippen LogP contribution in [-0.2, 0) is 16.1 Å². The van der Waals surface area contributed by atoms with Gasteiger partial charge in [-0.3, -0.25) is 9.59 Å². The van der Waals surface area contributed by atoms with E-state index in [1.54, 1.807) is 14.2 Å². The predicted molar refractivity (Wildman–Crippen MR) is 79.2 cm³/mol. The summed E-state index contributed by atoms with van der Waals surface area (Å²) < 4.78 is 6.16. The number of rotatable bonds is 6. The van der Waals surface area contributed by atoms with Gasteiger partial charge in [0, 0.05) is 23.6 Å². The summed E-state index contributed by atoms with van der Waals surface area (Å²) >= 11 is 3.38. The van der Waals surface area contributed by atoms with Crippen LogP contribution < -0.4 is 15.8 Å². The molecule has 0 fully saturated rings. The highest BCUT2D eigenvalue weighted by Gasteiger charge is 2.13. The number of likely N-dealkylation sites (N-methyl/N-ethyl adjacent to an activating group) is 1. The molecular weight excluding hydrogens is 326 g/mol. The number of hydrogen-bond acceptors (Lipinski definition) is 4. The van der Waals surface area contributed by atoms with Gasteiger partial charge in [0.05, 0.1) is 20.2 Å². The molecule has 0 aliphatic carbocycles. The van der Waals surface area contributed by atoms with Crippen molar-refractivity contribution in [1.29, 1.82) is 0 Å². The van der Waals surface area contributed by atoms with Crippen LogP contribution in [0.1, 0.15) is 5.56 Å². The summed E-state index contributed by atoms with van der Waals surface area (Å²) in [4.78, 5) is 24.4. The van der Waals surface area contributed by atoms with Crippen LogP contribution in [0.4, 0.5) is 0 Å². The number of ether oxygens (including phenoxy) is 1. The molecule has 1 aromatic rings. The van der Waals surface area contributed by atoms with Crippen LogP contribution in [0.15, 0.2) is 22.7 Å². The Labute approximate surface area is 126 Å². The highest BCUT2D eigenvalue weighted by molar-refractivity contribution is 9.10. The van der Waals surface area contributed by atoms with Crippen molar-refractivity contribution in [2.45, 2.75) is 6.54 Å². The van der Waals surface area contributed by atoms with Crippen molar-refractivity contribution in [2.75, 3.05) is 27.2 Å². The molecule has 6 nitrogen and oxygen atoms in total. The number of amides is 2. The summed E-state index contributed by atoms with van der Waals surface area (Å²) in [7, 11) is 3.24. The number of benzene rings is 1. The minimum absolute atomic E-state index is 0.0666. The smallest absolute Gasteiger partial charge is 0.242 e. The summed E-state index contributed by atoms with van der Waals surface area (Å²) in [6.07, 6.45) is 0. The maximum atomic E-state index is 11.9. The number of halogens is 1. The van der Waals surface area contributed by atoms with Crippen molar-refractivity contribution in [2.24, 2.45) is 5.73 Å². The first-order valence-corrected chi connectivity index (χ1v) is 6.80. The van der Waals surface area contributed by atoms with Gasteiger partial charge in [-0.1, -0.05) is 15.9 Å². The maximum absolute atomic E-state index is 11.9. The highest BCUT2D eigenvalue weighted by atomic mass is 79.9. The van der Waals surface area contributed by atoms with E-state index in [1.165, 1.54) is 4.90 Å². The summed E-state index contributed by atoms with van der Waals surface area (Å²) in [5.41, 5.74) is 6.03. The lowest BCUT2D eigenvalue weighted by molar-refractivity contribution is -0.131. The number of carbonyl (C=O) groups is 2. The van der Waals surface area contributed by atoms with Gasteiger partial charge >= 0.3 is 0 Å². The Morgan fingerprint density at radius 2 is 2.15 bits per heavy atom. The molecule has 110 valence electrons. The van der Waals surface area contributed by atoms with Crippen molar-refractivity contribution in [3.8, 4) is 5.75 Å². The lowest BCUT2D eigenvalue weighted by atomic mass is 10.2. The van der Waals surface area contributed by atoms with Crippen molar-refractivity contribution < 1.29 is 14.3 Å². The third-order valence-corrected chi connectivity index (χ3v) is 3.19. The van der Waals surface area contributed by atoms with Gasteiger partial charge in [0.25, 0.3) is 0 Å². The first kappa shape index (κ1) is 16.5. The summed E-state index contributed by atoms with van der Waals surface area (Å²) in [5, 5.41) is 2.44. The van der Waals surface area contributed by atoms with Crippen LogP contribution in [0.3, 0.4) is 0 Å². The Kier molecular flexibility index (Phi) is 6.47. The first-order chi connectivity index (χ1) is 9.47. The second-order valence-electron chi connectivity index (χ2n) is 4.19. The van der Waals surface area contributed by atoms with Gasteiger partial charge in [-0.2, -0.15) is 0 Å². The summed E-state index contributed by atoms with van der Waals surface area (Å²) in [6.45, 7) is 0.194. The van der Waals surface area contributed by atoms with E-state index in [9.17, 15) is 9.59 Å². The van der Waals surface area contributed by atoms with E-state index in [0.29, 0.717) is 12.3 Å². The number of nitrogens with two attached hydrogens (primary N) is 1. The van der Waals surface area contributed by atoms with Gasteiger partial charge in [0.2, 0.25) is 11.8 Å². The average Bonchev–Trinajstić information content (AvgIpc) is 2.44. The second kappa shape index (κ2) is 7.86. The largest absolute Gasteiger partial charge is 0.496 e. The topological polar surface area (TPSA) is 84.7 Å². The minimum atomic E-state index is -0.355. The van der Waals surface area contributed by atoms with Gasteiger partial charge < -0.3 is 20.7 Å². The van der Waals surface area contributed by atoms with Crippen LogP contribution in [0.2, 0.25) is 0 Å². The molecule has 2 amide bonds. The quantitative estimate of drug-likeness (QED) is 0.787. The molecule has 0 atom stereocenters. The Morgan fingerprint density at radius 3 is 2.75 bits per heavy atom. The molecule has 0 aliphatic rings. The zero-order valence-electron chi connectivity index (χ0n) is 11.5. The van der Waals surface area contributed by atoms with E-state index in [4.69, 9.17) is 10.5 Å². The number of carbonyl (C=O) groups excluding carboxylic acids is 2. The van der Waals surface area contributed by atoms with E-state index < -0.39 is 0 Å². The van der Waals surface area contributed by atoms with Crippen molar-refractivity contribution in [3.05, 3.63) is 28.2 Å². The minimum Gasteiger partial charge on any atom is -0.496 e. The fraction of sp³-hybridized carbons (Fsp3) is 0.385. The molecule has 7 heteroatoms. The molecule has 0 radical (unpaired) electrons. The van der Waals surface area contributed by atoms with Gasteiger partial charge in [0.15, 0.2) is 0 Å². The van der Waals surface area contributed by atoms with E-state index >= 15 is 0 Å². The van der Waals surface area contributed by atoms with Crippen molar-refractivity contribution in [1.82, 2.24) is 10.2 Å². The standard InChI is InChI=1S/C13H18BrN3O3/c1-17(13(19)7-16-12(18)6-15)8-9-5-10(14)3-4-11(9)20-2/h3-5H,6-8,15H2,1-2H3,(H,16,18). The zero-order valence-corrected chi connectivity index (χ0v) is 13.1. The Balaban J connectivity index is 2.65. The molecule has 0 saturated carbocycles. The van der Waals surface area contributed by atoms with Gasteiger partial charge in [-0.15, -0.1) is 0 Å². The lowest BCUT2D eigenvalue weighted by Crippen LogP contribution is -2.40. The zero-order chi connectivity index (χ0) is 15.1. The van der Waals surface area contributed by atoms with Crippen LogP contribution in [0, 0.1) is 0 Å². The highest BCUT2D eigenvalue weighted by Crippen LogP contribution is 2.23. The second-order valence-corrected chi connectivity index (χ2v) is 5.10. The summed E-state index contributed by atoms with van der Waals surface area (Å²) in [5.74, 6) is 0.152. The fourth-order valence-corrected chi connectivity index (χ4v) is 2.00. The predicted octanol–water partition coefficient (Wildman–Crippen LogP) is 0.491. The van der Waals surface area contributed by atoms with E-state index in [-0.39, 0.29) is 24.9 Å². The molecule has 20 heavy (non-hydrogen) atoms. The first-order valence-electron chi connectivity index (χ1n) is 6.01. The number of hydrogen-bond donors (Lipinski definition) is 2. The molecule has 0 unspecified atom stereocenters. The Morgan fingerprint density at radius 1 is 1.45 bits per heavy atom. The molecular formula is C13H18BrN3O3. The monoisotopic (exact) mass is 343 g/mol. The maximum Gasteiger partial charge on any atom is 0.242 e. The summed E-state index contributed by atoms with van der Waals surface area (Å²) in [6, 6.07) is 5.58. The molecule has 0 heterocycles. The van der Waals surface area contributed by atoms with Crippen LogP contribution in [-0.4, -0.2) is 44.0 Å². The number of methoxy groups -OCH3 is 1. The average molecular weight is 344 g/mol. The molecule has 0 bridgehead atoms. The Hall–Kier alpha value is -1.60. The molecule has 0 aliphatic heterocycles. The third kappa shape index (κ3) is 4.82. The van der Waals surface area contributed by atoms with Crippen LogP contribution in [0.25, 0.3) is 0 Å². The molecule has 0 aromatic heterocycles. The molecule has 3 N–H and O–H groups in total. The van der Waals surface area contributed by atoms with Crippen molar-refractivity contribution in [3.63, 3.8) is 0 Å². The van der Waals surface area contributed by atoms with E-state index in [2.05, 4.69) is 21.2 Å². The molecule has 1 rings (SSSR count). The Bertz CT molecular complexity index is 494. The van der Waals surface area contributed by atoms with Gasteiger partial charge in [-0.05, 0) is 18.2 Å². The van der Waals surface area contributed by atoms with E-state index in [1.807, 2.05) is 18.2 Å².